The summed E-state index contributed by atoms with van der Waals surface area (Å²) in [5.74, 6) is -0.545. The lowest BCUT2D eigenvalue weighted by Gasteiger charge is -2.34. The van der Waals surface area contributed by atoms with Crippen molar-refractivity contribution in [1.29, 1.82) is 0 Å². The van der Waals surface area contributed by atoms with E-state index in [2.05, 4.69) is 5.32 Å². The van der Waals surface area contributed by atoms with Gasteiger partial charge < -0.3 is 15.0 Å². The first-order valence-electron chi connectivity index (χ1n) is 15.3. The summed E-state index contributed by atoms with van der Waals surface area (Å²) in [6.07, 6.45) is 0.963. The molecule has 0 saturated heterocycles. The maximum Gasteiger partial charge on any atom is 0.264 e. The number of hydrogen-bond acceptors (Lipinski definition) is 5. The van der Waals surface area contributed by atoms with E-state index in [1.807, 2.05) is 68.4 Å². The average Bonchev–Trinajstić information content (AvgIpc) is 3.06. The molecule has 0 aromatic heterocycles. The van der Waals surface area contributed by atoms with Gasteiger partial charge in [-0.05, 0) is 73.4 Å². The normalized spacial score (nSPS) is 11.8. The third kappa shape index (κ3) is 8.68. The van der Waals surface area contributed by atoms with Crippen LogP contribution in [0.15, 0.2) is 108 Å². The van der Waals surface area contributed by atoms with Crippen molar-refractivity contribution in [3.05, 3.63) is 125 Å². The minimum absolute atomic E-state index is 0.0389. The van der Waals surface area contributed by atoms with Gasteiger partial charge in [-0.1, -0.05) is 85.3 Å². The first-order chi connectivity index (χ1) is 22.1. The Hall–Kier alpha value is -4.34. The molecule has 1 N–H and O–H groups in total. The molecule has 2 amide bonds. The monoisotopic (exact) mass is 661 g/mol. The number of anilines is 1. The molecule has 0 aliphatic carbocycles. The molecule has 4 aromatic carbocycles. The van der Waals surface area contributed by atoms with Gasteiger partial charge in [-0.25, -0.2) is 8.42 Å². The maximum absolute atomic E-state index is 14.6. The molecule has 242 valence electrons. The molecule has 0 fully saturated rings. The number of para-hydroxylation sites is 2. The molecule has 0 heterocycles. The Balaban J connectivity index is 1.84. The summed E-state index contributed by atoms with van der Waals surface area (Å²) in [5.41, 5.74) is 2.87. The highest BCUT2D eigenvalue weighted by Gasteiger charge is 2.35. The van der Waals surface area contributed by atoms with Crippen LogP contribution >= 0.6 is 11.6 Å². The Morgan fingerprint density at radius 2 is 1.52 bits per heavy atom. The largest absolute Gasteiger partial charge is 0.492 e. The van der Waals surface area contributed by atoms with Gasteiger partial charge in [0.25, 0.3) is 10.0 Å². The highest BCUT2D eigenvalue weighted by molar-refractivity contribution is 7.92. The van der Waals surface area contributed by atoms with Crippen LogP contribution in [0.25, 0.3) is 0 Å². The first kappa shape index (κ1) is 34.5. The number of hydrogen-bond donors (Lipinski definition) is 1. The van der Waals surface area contributed by atoms with E-state index in [1.54, 1.807) is 31.2 Å². The fourth-order valence-electron chi connectivity index (χ4n) is 5.08. The van der Waals surface area contributed by atoms with Crippen LogP contribution in [0, 0.1) is 6.92 Å². The molecular weight excluding hydrogens is 622 g/mol. The van der Waals surface area contributed by atoms with E-state index in [0.29, 0.717) is 17.3 Å². The Labute approximate surface area is 277 Å². The van der Waals surface area contributed by atoms with Crippen LogP contribution in [0.2, 0.25) is 5.02 Å². The van der Waals surface area contributed by atoms with Crippen LogP contribution in [-0.2, 0) is 32.6 Å². The highest BCUT2D eigenvalue weighted by atomic mass is 35.5. The summed E-state index contributed by atoms with van der Waals surface area (Å²) in [6, 6.07) is 28.7. The Morgan fingerprint density at radius 1 is 0.870 bits per heavy atom. The summed E-state index contributed by atoms with van der Waals surface area (Å²) in [5, 5.41) is 3.34. The van der Waals surface area contributed by atoms with Crippen molar-refractivity contribution in [3.63, 3.8) is 0 Å². The summed E-state index contributed by atoms with van der Waals surface area (Å²) in [7, 11) is -4.29. The molecule has 46 heavy (non-hydrogen) atoms. The van der Waals surface area contributed by atoms with Crippen LogP contribution < -0.4 is 14.4 Å². The molecule has 0 spiro atoms. The van der Waals surface area contributed by atoms with Crippen LogP contribution in [0.4, 0.5) is 5.69 Å². The van der Waals surface area contributed by atoms with Crippen LogP contribution in [0.3, 0.4) is 0 Å². The summed E-state index contributed by atoms with van der Waals surface area (Å²) in [6.45, 7) is 5.95. The number of halogens is 1. The molecule has 1 atom stereocenters. The Kier molecular flexibility index (Phi) is 12.2. The van der Waals surface area contributed by atoms with Gasteiger partial charge in [0.15, 0.2) is 0 Å². The Morgan fingerprint density at radius 3 is 2.20 bits per heavy atom. The summed E-state index contributed by atoms with van der Waals surface area (Å²) >= 11 is 6.08. The molecule has 4 aromatic rings. The van der Waals surface area contributed by atoms with Crippen molar-refractivity contribution in [1.82, 2.24) is 10.2 Å². The fourth-order valence-corrected chi connectivity index (χ4v) is 6.63. The number of amides is 2. The first-order valence-corrected chi connectivity index (χ1v) is 17.1. The molecule has 0 unspecified atom stereocenters. The average molecular weight is 662 g/mol. The number of aryl methyl sites for hydroxylation is 1. The summed E-state index contributed by atoms with van der Waals surface area (Å²) in [4.78, 5) is 29.9. The molecule has 0 bridgehead atoms. The lowest BCUT2D eigenvalue weighted by Crippen LogP contribution is -2.53. The number of carbonyl (C=O) groups excluding carboxylic acids is 2. The van der Waals surface area contributed by atoms with Crippen molar-refractivity contribution in [2.24, 2.45) is 0 Å². The minimum atomic E-state index is -4.29. The maximum atomic E-state index is 14.6. The van der Waals surface area contributed by atoms with Gasteiger partial charge >= 0.3 is 0 Å². The van der Waals surface area contributed by atoms with Gasteiger partial charge in [0.05, 0.1) is 17.2 Å². The van der Waals surface area contributed by atoms with Crippen LogP contribution in [-0.4, -0.2) is 50.9 Å². The molecule has 0 aliphatic rings. The fraction of sp³-hybridized carbons (Fsp3) is 0.278. The zero-order valence-electron chi connectivity index (χ0n) is 26.4. The van der Waals surface area contributed by atoms with E-state index < -0.39 is 28.5 Å². The number of nitrogens with zero attached hydrogens (tertiary/aromatic N) is 2. The number of sulfonamides is 1. The van der Waals surface area contributed by atoms with Gasteiger partial charge in [0.2, 0.25) is 11.8 Å². The lowest BCUT2D eigenvalue weighted by molar-refractivity contribution is -0.140. The highest BCUT2D eigenvalue weighted by Crippen LogP contribution is 2.33. The minimum Gasteiger partial charge on any atom is -0.492 e. The van der Waals surface area contributed by atoms with Crippen molar-refractivity contribution in [2.75, 3.05) is 24.0 Å². The van der Waals surface area contributed by atoms with Gasteiger partial charge in [0.1, 0.15) is 18.3 Å². The van der Waals surface area contributed by atoms with E-state index in [-0.39, 0.29) is 36.1 Å². The quantitative estimate of drug-likeness (QED) is 0.159. The second-order valence-electron chi connectivity index (χ2n) is 10.8. The molecule has 0 saturated carbocycles. The van der Waals surface area contributed by atoms with Gasteiger partial charge in [0, 0.05) is 24.5 Å². The zero-order valence-corrected chi connectivity index (χ0v) is 27.9. The zero-order chi connectivity index (χ0) is 33.1. The molecule has 10 heteroatoms. The van der Waals surface area contributed by atoms with Crippen molar-refractivity contribution >= 4 is 39.1 Å². The SMILES string of the molecule is CCCNC(=O)[C@@H](Cc1ccccc1)N(Cc1ccccc1C)C(=O)CN(c1ccccc1OCC)S(=O)(=O)c1ccc(Cl)cc1. The third-order valence-electron chi connectivity index (χ3n) is 7.54. The number of nitrogens with one attached hydrogen (secondary N) is 1. The van der Waals surface area contributed by atoms with E-state index in [4.69, 9.17) is 16.3 Å². The second-order valence-corrected chi connectivity index (χ2v) is 13.1. The van der Waals surface area contributed by atoms with Crippen LogP contribution in [0.5, 0.6) is 5.75 Å². The molecular formula is C36H40ClN3O5S. The smallest absolute Gasteiger partial charge is 0.264 e. The van der Waals surface area contributed by atoms with E-state index in [0.717, 1.165) is 27.4 Å². The summed E-state index contributed by atoms with van der Waals surface area (Å²) < 4.78 is 35.4. The molecule has 0 aliphatic heterocycles. The van der Waals surface area contributed by atoms with Gasteiger partial charge in [-0.2, -0.15) is 0 Å². The number of benzene rings is 4. The third-order valence-corrected chi connectivity index (χ3v) is 9.56. The van der Waals surface area contributed by atoms with Crippen molar-refractivity contribution in [2.45, 2.75) is 51.1 Å². The van der Waals surface area contributed by atoms with E-state index in [9.17, 15) is 18.0 Å². The van der Waals surface area contributed by atoms with Gasteiger partial charge in [-0.3, -0.25) is 13.9 Å². The van der Waals surface area contributed by atoms with Crippen molar-refractivity contribution < 1.29 is 22.7 Å². The number of rotatable bonds is 15. The predicted molar refractivity (Wildman–Crippen MR) is 183 cm³/mol. The Bertz CT molecular complexity index is 1720. The van der Waals surface area contributed by atoms with Crippen LogP contribution in [0.1, 0.15) is 37.0 Å². The molecule has 0 radical (unpaired) electrons. The number of ether oxygens (including phenoxy) is 1. The lowest BCUT2D eigenvalue weighted by atomic mass is 10.0. The van der Waals surface area contributed by atoms with E-state index in [1.165, 1.54) is 29.2 Å². The van der Waals surface area contributed by atoms with E-state index >= 15 is 0 Å². The van der Waals surface area contributed by atoms with Crippen molar-refractivity contribution in [3.8, 4) is 5.75 Å². The number of carbonyl (C=O) groups is 2. The second kappa shape index (κ2) is 16.3. The topological polar surface area (TPSA) is 96.0 Å². The van der Waals surface area contributed by atoms with Gasteiger partial charge in [-0.15, -0.1) is 0 Å². The molecule has 4 rings (SSSR count). The predicted octanol–water partition coefficient (Wildman–Crippen LogP) is 6.41. The molecule has 8 nitrogen and oxygen atoms in total. The standard InChI is InChI=1S/C36H40ClN3O5S/c1-4-23-38-36(42)33(24-28-14-7-6-8-15-28)39(25-29-16-10-9-13-27(29)3)35(41)26-40(32-17-11-12-18-34(32)45-5-2)46(43,44)31-21-19-30(37)20-22-31/h6-22,33H,4-5,23-26H2,1-3H3,(H,38,42)/t33-/m1/s1.